The minimum absolute atomic E-state index is 0.244. The Balaban J connectivity index is 3.17. The molecule has 0 bridgehead atoms. The summed E-state index contributed by atoms with van der Waals surface area (Å²) in [5.41, 5.74) is -0.244. The van der Waals surface area contributed by atoms with Crippen LogP contribution >= 0.6 is 0 Å². The summed E-state index contributed by atoms with van der Waals surface area (Å²) in [5.74, 6) is 0.600. The largest absolute Gasteiger partial charge is 0.350 e. The monoisotopic (exact) mass is 139 g/mol. The Morgan fingerprint density at radius 1 is 1.70 bits per heavy atom. The maximum atomic E-state index is 10.8. The highest BCUT2D eigenvalue weighted by Crippen LogP contribution is 1.81. The number of rotatable bonds is 1. The van der Waals surface area contributed by atoms with Gasteiger partial charge in [-0.1, -0.05) is 6.92 Å². The Hall–Kier alpha value is -1.19. The molecule has 0 radical (unpaired) electrons. The van der Waals surface area contributed by atoms with E-state index in [1.54, 1.807) is 7.05 Å². The molecule has 4 nitrogen and oxygen atoms in total. The van der Waals surface area contributed by atoms with E-state index >= 15 is 0 Å². The van der Waals surface area contributed by atoms with Gasteiger partial charge in [0, 0.05) is 13.5 Å². The lowest BCUT2D eigenvalue weighted by Crippen LogP contribution is -2.21. The molecule has 0 saturated heterocycles. The second-order valence-electron chi connectivity index (χ2n) is 2.02. The zero-order chi connectivity index (χ0) is 7.56. The molecule has 0 aliphatic heterocycles. The highest BCUT2D eigenvalue weighted by molar-refractivity contribution is 4.80. The van der Waals surface area contributed by atoms with Gasteiger partial charge in [0.05, 0.1) is 0 Å². The molecule has 0 aliphatic rings. The average Bonchev–Trinajstić information content (AvgIpc) is 1.95. The molecule has 0 saturated carbocycles. The summed E-state index contributed by atoms with van der Waals surface area (Å²) >= 11 is 0. The standard InChI is InChI=1S/C6H9N3O/c1-3-5-7-4-9(2)6(10)8-5/h4H,3H2,1-2H3. The topological polar surface area (TPSA) is 47.8 Å². The lowest BCUT2D eigenvalue weighted by molar-refractivity contribution is 0.734. The van der Waals surface area contributed by atoms with Crippen LogP contribution in [0.1, 0.15) is 12.7 Å². The van der Waals surface area contributed by atoms with E-state index in [0.29, 0.717) is 12.2 Å². The summed E-state index contributed by atoms with van der Waals surface area (Å²) in [5, 5.41) is 0. The molecule has 0 atom stereocenters. The van der Waals surface area contributed by atoms with Crippen LogP contribution in [0.15, 0.2) is 11.1 Å². The fraction of sp³-hybridized carbons (Fsp3) is 0.500. The smallest absolute Gasteiger partial charge is 0.286 e. The predicted molar refractivity (Wildman–Crippen MR) is 36.7 cm³/mol. The van der Waals surface area contributed by atoms with E-state index in [2.05, 4.69) is 9.97 Å². The minimum atomic E-state index is -0.244. The molecule has 4 heteroatoms. The van der Waals surface area contributed by atoms with Crippen LogP contribution in [0.4, 0.5) is 0 Å². The fourth-order valence-corrected chi connectivity index (χ4v) is 0.591. The van der Waals surface area contributed by atoms with E-state index < -0.39 is 0 Å². The molecule has 54 valence electrons. The van der Waals surface area contributed by atoms with Gasteiger partial charge < -0.3 is 0 Å². The van der Waals surface area contributed by atoms with Gasteiger partial charge in [0.25, 0.3) is 0 Å². The summed E-state index contributed by atoms with van der Waals surface area (Å²) in [6, 6.07) is 0. The predicted octanol–water partition coefficient (Wildman–Crippen LogP) is -0.262. The maximum Gasteiger partial charge on any atom is 0.350 e. The molecule has 1 heterocycles. The van der Waals surface area contributed by atoms with Crippen molar-refractivity contribution in [3.05, 3.63) is 22.6 Å². The van der Waals surface area contributed by atoms with Crippen LogP contribution in [-0.2, 0) is 13.5 Å². The number of aromatic nitrogens is 3. The SMILES string of the molecule is CCc1ncn(C)c(=O)n1. The summed E-state index contributed by atoms with van der Waals surface area (Å²) in [6.07, 6.45) is 2.18. The molecule has 0 aromatic carbocycles. The molecule has 0 spiro atoms. The number of hydrogen-bond acceptors (Lipinski definition) is 3. The number of hydrogen-bond donors (Lipinski definition) is 0. The number of nitrogens with zero attached hydrogens (tertiary/aromatic N) is 3. The van der Waals surface area contributed by atoms with Crippen molar-refractivity contribution in [2.45, 2.75) is 13.3 Å². The molecule has 0 amide bonds. The molecule has 1 aromatic heterocycles. The first kappa shape index (κ1) is 6.92. The van der Waals surface area contributed by atoms with E-state index in [1.807, 2.05) is 6.92 Å². The first-order valence-corrected chi connectivity index (χ1v) is 3.12. The van der Waals surface area contributed by atoms with Crippen LogP contribution < -0.4 is 5.69 Å². The molecule has 0 unspecified atom stereocenters. The highest BCUT2D eigenvalue weighted by Gasteiger charge is 1.93. The van der Waals surface area contributed by atoms with Crippen molar-refractivity contribution in [3.8, 4) is 0 Å². The van der Waals surface area contributed by atoms with Gasteiger partial charge in [0.2, 0.25) is 0 Å². The third-order valence-electron chi connectivity index (χ3n) is 1.22. The van der Waals surface area contributed by atoms with E-state index in [4.69, 9.17) is 0 Å². The van der Waals surface area contributed by atoms with E-state index in [1.165, 1.54) is 10.9 Å². The van der Waals surface area contributed by atoms with E-state index in [-0.39, 0.29) is 5.69 Å². The molecule has 0 aliphatic carbocycles. The highest BCUT2D eigenvalue weighted by atomic mass is 16.1. The summed E-state index contributed by atoms with van der Waals surface area (Å²) in [7, 11) is 1.63. The van der Waals surface area contributed by atoms with E-state index in [0.717, 1.165) is 0 Å². The van der Waals surface area contributed by atoms with Crippen molar-refractivity contribution in [2.75, 3.05) is 0 Å². The summed E-state index contributed by atoms with van der Waals surface area (Å²) in [4.78, 5) is 18.4. The van der Waals surface area contributed by atoms with E-state index in [9.17, 15) is 4.79 Å². The third kappa shape index (κ3) is 1.21. The van der Waals surface area contributed by atoms with Crippen LogP contribution in [-0.4, -0.2) is 14.5 Å². The van der Waals surface area contributed by atoms with Crippen LogP contribution in [0, 0.1) is 0 Å². The Labute approximate surface area is 58.6 Å². The van der Waals surface area contributed by atoms with Gasteiger partial charge >= 0.3 is 5.69 Å². The van der Waals surface area contributed by atoms with Gasteiger partial charge in [-0.15, -0.1) is 0 Å². The normalized spacial score (nSPS) is 9.80. The minimum Gasteiger partial charge on any atom is -0.286 e. The first-order valence-electron chi connectivity index (χ1n) is 3.12. The van der Waals surface area contributed by atoms with Gasteiger partial charge in [-0.25, -0.2) is 9.78 Å². The van der Waals surface area contributed by atoms with Crippen LogP contribution in [0.3, 0.4) is 0 Å². The third-order valence-corrected chi connectivity index (χ3v) is 1.22. The molecule has 1 rings (SSSR count). The van der Waals surface area contributed by atoms with Gasteiger partial charge in [0.1, 0.15) is 12.2 Å². The average molecular weight is 139 g/mol. The summed E-state index contributed by atoms with van der Waals surface area (Å²) in [6.45, 7) is 1.91. The lowest BCUT2D eigenvalue weighted by atomic mass is 10.5. The molecule has 1 aromatic rings. The quantitative estimate of drug-likeness (QED) is 0.538. The second kappa shape index (κ2) is 2.60. The van der Waals surface area contributed by atoms with Crippen LogP contribution in [0.2, 0.25) is 0 Å². The van der Waals surface area contributed by atoms with Crippen molar-refractivity contribution in [2.24, 2.45) is 7.05 Å². The van der Waals surface area contributed by atoms with Crippen molar-refractivity contribution in [1.29, 1.82) is 0 Å². The Morgan fingerprint density at radius 3 is 2.90 bits per heavy atom. The van der Waals surface area contributed by atoms with Crippen LogP contribution in [0.5, 0.6) is 0 Å². The Kier molecular flexibility index (Phi) is 1.80. The molecule has 0 N–H and O–H groups in total. The second-order valence-corrected chi connectivity index (χ2v) is 2.02. The van der Waals surface area contributed by atoms with Gasteiger partial charge in [-0.3, -0.25) is 4.57 Å². The van der Waals surface area contributed by atoms with Crippen LogP contribution in [0.25, 0.3) is 0 Å². The van der Waals surface area contributed by atoms with Crippen molar-refractivity contribution in [1.82, 2.24) is 14.5 Å². The Bertz CT molecular complexity index is 279. The molecule has 10 heavy (non-hydrogen) atoms. The fourth-order valence-electron chi connectivity index (χ4n) is 0.591. The van der Waals surface area contributed by atoms with Gasteiger partial charge in [-0.05, 0) is 0 Å². The first-order chi connectivity index (χ1) is 4.74. The van der Waals surface area contributed by atoms with Gasteiger partial charge in [-0.2, -0.15) is 4.98 Å². The van der Waals surface area contributed by atoms with Crippen molar-refractivity contribution >= 4 is 0 Å². The molecular weight excluding hydrogens is 130 g/mol. The number of aryl methyl sites for hydroxylation is 2. The molecule has 0 fully saturated rings. The Morgan fingerprint density at radius 2 is 2.40 bits per heavy atom. The zero-order valence-corrected chi connectivity index (χ0v) is 6.03. The van der Waals surface area contributed by atoms with Crippen molar-refractivity contribution in [3.63, 3.8) is 0 Å². The van der Waals surface area contributed by atoms with Gasteiger partial charge in [0.15, 0.2) is 0 Å². The lowest BCUT2D eigenvalue weighted by Gasteiger charge is -1.94. The zero-order valence-electron chi connectivity index (χ0n) is 6.03. The summed E-state index contributed by atoms with van der Waals surface area (Å²) < 4.78 is 1.35. The molecular formula is C6H9N3O. The maximum absolute atomic E-state index is 10.8. The van der Waals surface area contributed by atoms with Crippen molar-refractivity contribution < 1.29 is 0 Å².